The molecule has 2 aromatic rings. The molecule has 0 bridgehead atoms. The molecule has 132 valence electrons. The standard InChI is InChI=1S/C19H23N3O2S/c23-19(14-21-7-5-18-15(13-21)6-12-25-18)20-16-3-1-2-4-17(16)22-8-10-24-11-9-22/h1-4,6,12H,5,7-11,13-14H2,(H,20,23). The lowest BCUT2D eigenvalue weighted by Gasteiger charge is -2.31. The highest BCUT2D eigenvalue weighted by Crippen LogP contribution is 2.27. The molecule has 1 fully saturated rings. The molecular formula is C19H23N3O2S. The Morgan fingerprint density at radius 2 is 2.00 bits per heavy atom. The molecule has 1 aromatic carbocycles. The molecular weight excluding hydrogens is 334 g/mol. The number of fused-ring (bicyclic) bond motifs is 1. The number of anilines is 2. The van der Waals surface area contributed by atoms with Crippen molar-refractivity contribution in [1.82, 2.24) is 4.90 Å². The Morgan fingerprint density at radius 1 is 1.16 bits per heavy atom. The highest BCUT2D eigenvalue weighted by Gasteiger charge is 2.20. The number of carbonyl (C=O) groups excluding carboxylic acids is 1. The van der Waals surface area contributed by atoms with Crippen LogP contribution in [0.4, 0.5) is 11.4 Å². The third-order valence-electron chi connectivity index (χ3n) is 4.78. The van der Waals surface area contributed by atoms with Gasteiger partial charge in [-0.2, -0.15) is 0 Å². The van der Waals surface area contributed by atoms with Crippen molar-refractivity contribution in [1.29, 1.82) is 0 Å². The van der Waals surface area contributed by atoms with Crippen LogP contribution < -0.4 is 10.2 Å². The molecule has 0 unspecified atom stereocenters. The van der Waals surface area contributed by atoms with Gasteiger partial charge in [0.15, 0.2) is 0 Å². The lowest BCUT2D eigenvalue weighted by Crippen LogP contribution is -2.38. The van der Waals surface area contributed by atoms with Crippen molar-refractivity contribution in [2.75, 3.05) is 49.6 Å². The lowest BCUT2D eigenvalue weighted by atomic mass is 10.1. The number of hydrogen-bond donors (Lipinski definition) is 1. The third-order valence-corrected chi connectivity index (χ3v) is 5.81. The predicted octanol–water partition coefficient (Wildman–Crippen LogP) is 2.58. The number of para-hydroxylation sites is 2. The van der Waals surface area contributed by atoms with E-state index in [0.717, 1.165) is 57.2 Å². The number of hydrogen-bond acceptors (Lipinski definition) is 5. The molecule has 25 heavy (non-hydrogen) atoms. The van der Waals surface area contributed by atoms with Gasteiger partial charge >= 0.3 is 0 Å². The Kier molecular flexibility index (Phi) is 5.01. The van der Waals surface area contributed by atoms with Crippen LogP contribution in [0.5, 0.6) is 0 Å². The van der Waals surface area contributed by atoms with Crippen molar-refractivity contribution in [2.45, 2.75) is 13.0 Å². The Hall–Kier alpha value is -1.89. The van der Waals surface area contributed by atoms with E-state index < -0.39 is 0 Å². The number of nitrogens with one attached hydrogen (secondary N) is 1. The van der Waals surface area contributed by atoms with Crippen LogP contribution in [-0.4, -0.2) is 50.2 Å². The van der Waals surface area contributed by atoms with Gasteiger partial charge in [0.05, 0.1) is 31.1 Å². The first-order valence-corrected chi connectivity index (χ1v) is 9.67. The van der Waals surface area contributed by atoms with Gasteiger partial charge in [0.1, 0.15) is 0 Å². The largest absolute Gasteiger partial charge is 0.378 e. The molecule has 0 atom stereocenters. The zero-order valence-corrected chi connectivity index (χ0v) is 15.1. The van der Waals surface area contributed by atoms with E-state index in [4.69, 9.17) is 4.74 Å². The number of ether oxygens (including phenoxy) is 1. The lowest BCUT2D eigenvalue weighted by molar-refractivity contribution is -0.117. The van der Waals surface area contributed by atoms with E-state index in [1.165, 1.54) is 10.4 Å². The number of carbonyl (C=O) groups is 1. The van der Waals surface area contributed by atoms with E-state index in [-0.39, 0.29) is 5.91 Å². The van der Waals surface area contributed by atoms with Crippen LogP contribution in [0, 0.1) is 0 Å². The van der Waals surface area contributed by atoms with Crippen molar-refractivity contribution in [2.24, 2.45) is 0 Å². The Morgan fingerprint density at radius 3 is 2.88 bits per heavy atom. The summed E-state index contributed by atoms with van der Waals surface area (Å²) in [6.07, 6.45) is 1.05. The summed E-state index contributed by atoms with van der Waals surface area (Å²) in [5.41, 5.74) is 3.35. The van der Waals surface area contributed by atoms with Crippen molar-refractivity contribution in [3.05, 3.63) is 46.2 Å². The van der Waals surface area contributed by atoms with Crippen LogP contribution in [0.2, 0.25) is 0 Å². The summed E-state index contributed by atoms with van der Waals surface area (Å²) in [6.45, 7) is 5.45. The SMILES string of the molecule is O=C(CN1CCc2sccc2C1)Nc1ccccc1N1CCOCC1. The minimum atomic E-state index is 0.0550. The number of benzene rings is 1. The fourth-order valence-electron chi connectivity index (χ4n) is 3.49. The maximum Gasteiger partial charge on any atom is 0.238 e. The molecule has 1 saturated heterocycles. The molecule has 1 N–H and O–H groups in total. The van der Waals surface area contributed by atoms with Crippen LogP contribution in [0.1, 0.15) is 10.4 Å². The van der Waals surface area contributed by atoms with Crippen LogP contribution in [0.25, 0.3) is 0 Å². The van der Waals surface area contributed by atoms with E-state index in [0.29, 0.717) is 6.54 Å². The summed E-state index contributed by atoms with van der Waals surface area (Å²) in [7, 11) is 0. The summed E-state index contributed by atoms with van der Waals surface area (Å²) < 4.78 is 5.43. The average molecular weight is 357 g/mol. The number of morpholine rings is 1. The second kappa shape index (κ2) is 7.56. The smallest absolute Gasteiger partial charge is 0.238 e. The van der Waals surface area contributed by atoms with E-state index in [9.17, 15) is 4.79 Å². The zero-order valence-electron chi connectivity index (χ0n) is 14.2. The van der Waals surface area contributed by atoms with Crippen molar-refractivity contribution in [3.8, 4) is 0 Å². The Balaban J connectivity index is 1.40. The monoisotopic (exact) mass is 357 g/mol. The fourth-order valence-corrected chi connectivity index (χ4v) is 4.38. The topological polar surface area (TPSA) is 44.8 Å². The molecule has 6 heteroatoms. The summed E-state index contributed by atoms with van der Waals surface area (Å²) >= 11 is 1.82. The average Bonchev–Trinajstić information content (AvgIpc) is 3.10. The quantitative estimate of drug-likeness (QED) is 0.914. The van der Waals surface area contributed by atoms with Gasteiger partial charge in [0.25, 0.3) is 0 Å². The first-order valence-electron chi connectivity index (χ1n) is 8.79. The minimum absolute atomic E-state index is 0.0550. The fraction of sp³-hybridized carbons (Fsp3) is 0.421. The molecule has 0 saturated carbocycles. The van der Waals surface area contributed by atoms with Crippen LogP contribution >= 0.6 is 11.3 Å². The van der Waals surface area contributed by atoms with Gasteiger partial charge in [0, 0.05) is 31.1 Å². The summed E-state index contributed by atoms with van der Waals surface area (Å²) in [6, 6.07) is 10.2. The van der Waals surface area contributed by atoms with Crippen molar-refractivity contribution < 1.29 is 9.53 Å². The van der Waals surface area contributed by atoms with E-state index in [2.05, 4.69) is 32.6 Å². The zero-order chi connectivity index (χ0) is 17.1. The van der Waals surface area contributed by atoms with Crippen molar-refractivity contribution in [3.63, 3.8) is 0 Å². The first kappa shape index (κ1) is 16.6. The Bertz CT molecular complexity index is 740. The number of amides is 1. The van der Waals surface area contributed by atoms with Crippen LogP contribution in [0.3, 0.4) is 0 Å². The number of nitrogens with zero attached hydrogens (tertiary/aromatic N) is 2. The molecule has 2 aliphatic rings. The van der Waals surface area contributed by atoms with Gasteiger partial charge in [0.2, 0.25) is 5.91 Å². The van der Waals surface area contributed by atoms with Crippen LogP contribution in [0.15, 0.2) is 35.7 Å². The second-order valence-electron chi connectivity index (χ2n) is 6.49. The summed E-state index contributed by atoms with van der Waals surface area (Å²) in [4.78, 5) is 18.5. The molecule has 1 aromatic heterocycles. The molecule has 0 aliphatic carbocycles. The molecule has 4 rings (SSSR count). The summed E-state index contributed by atoms with van der Waals surface area (Å²) in [5, 5.41) is 5.26. The van der Waals surface area contributed by atoms with Gasteiger partial charge in [-0.25, -0.2) is 0 Å². The summed E-state index contributed by atoms with van der Waals surface area (Å²) in [5.74, 6) is 0.0550. The normalized spacial score (nSPS) is 18.0. The van der Waals surface area contributed by atoms with Gasteiger partial charge in [-0.1, -0.05) is 12.1 Å². The highest BCUT2D eigenvalue weighted by atomic mass is 32.1. The van der Waals surface area contributed by atoms with E-state index in [1.54, 1.807) is 0 Å². The molecule has 2 aliphatic heterocycles. The maximum absolute atomic E-state index is 12.6. The Labute approximate surface area is 152 Å². The van der Waals surface area contributed by atoms with E-state index in [1.807, 2.05) is 29.5 Å². The van der Waals surface area contributed by atoms with Crippen molar-refractivity contribution >= 4 is 28.6 Å². The first-order chi connectivity index (χ1) is 12.3. The van der Waals surface area contributed by atoms with Gasteiger partial charge in [-0.3, -0.25) is 9.69 Å². The molecule has 1 amide bonds. The highest BCUT2D eigenvalue weighted by molar-refractivity contribution is 7.10. The third kappa shape index (κ3) is 3.86. The minimum Gasteiger partial charge on any atom is -0.378 e. The molecule has 5 nitrogen and oxygen atoms in total. The molecule has 3 heterocycles. The van der Waals surface area contributed by atoms with Gasteiger partial charge < -0.3 is 15.0 Å². The number of rotatable bonds is 4. The van der Waals surface area contributed by atoms with Gasteiger partial charge in [-0.05, 0) is 35.6 Å². The maximum atomic E-state index is 12.6. The second-order valence-corrected chi connectivity index (χ2v) is 7.50. The van der Waals surface area contributed by atoms with E-state index >= 15 is 0 Å². The number of thiophene rings is 1. The van der Waals surface area contributed by atoms with Crippen LogP contribution in [-0.2, 0) is 22.5 Å². The predicted molar refractivity (Wildman–Crippen MR) is 101 cm³/mol. The van der Waals surface area contributed by atoms with Gasteiger partial charge in [-0.15, -0.1) is 11.3 Å². The molecule has 0 spiro atoms. The molecule has 0 radical (unpaired) electrons.